The Kier molecular flexibility index (Phi) is 4.37. The van der Waals surface area contributed by atoms with Crippen molar-refractivity contribution in [3.05, 3.63) is 22.4 Å². The van der Waals surface area contributed by atoms with E-state index in [1.165, 1.54) is 11.3 Å². The maximum Gasteiger partial charge on any atom is 0.334 e. The highest BCUT2D eigenvalue weighted by molar-refractivity contribution is 7.09. The molecule has 0 bridgehead atoms. The first-order chi connectivity index (χ1) is 9.91. The van der Waals surface area contributed by atoms with E-state index in [-0.39, 0.29) is 0 Å². The van der Waals surface area contributed by atoms with E-state index in [0.29, 0.717) is 11.4 Å². The summed E-state index contributed by atoms with van der Waals surface area (Å²) >= 11 is 1.49. The van der Waals surface area contributed by atoms with Crippen molar-refractivity contribution in [1.82, 2.24) is 15.1 Å². The largest absolute Gasteiger partial charge is 0.350 e. The molecule has 0 aromatic carbocycles. The summed E-state index contributed by atoms with van der Waals surface area (Å²) < 4.78 is 0. The Morgan fingerprint density at radius 2 is 2.00 bits per heavy atom. The lowest BCUT2D eigenvalue weighted by Gasteiger charge is -2.18. The number of amides is 5. The van der Waals surface area contributed by atoms with Crippen LogP contribution in [0.3, 0.4) is 0 Å². The van der Waals surface area contributed by atoms with Crippen LogP contribution in [-0.2, 0) is 20.9 Å². The molecule has 0 aliphatic carbocycles. The van der Waals surface area contributed by atoms with E-state index in [4.69, 9.17) is 0 Å². The number of imide groups is 2. The number of urea groups is 1. The zero-order valence-electron chi connectivity index (χ0n) is 11.7. The number of hydrogen-bond donors (Lipinski definition) is 1. The molecule has 7 nitrogen and oxygen atoms in total. The van der Waals surface area contributed by atoms with E-state index in [1.54, 1.807) is 13.8 Å². The monoisotopic (exact) mass is 309 g/mol. The molecular formula is C13H15N3O4S. The van der Waals surface area contributed by atoms with E-state index in [0.717, 1.165) is 9.78 Å². The first-order valence-electron chi connectivity index (χ1n) is 6.40. The molecule has 0 atom stereocenters. The van der Waals surface area contributed by atoms with Gasteiger partial charge in [-0.1, -0.05) is 6.07 Å². The third kappa shape index (κ3) is 3.10. The summed E-state index contributed by atoms with van der Waals surface area (Å²) in [7, 11) is 0. The van der Waals surface area contributed by atoms with Gasteiger partial charge in [-0.3, -0.25) is 19.3 Å². The second-order valence-corrected chi connectivity index (χ2v) is 5.83. The topological polar surface area (TPSA) is 86.8 Å². The molecule has 21 heavy (non-hydrogen) atoms. The third-order valence-corrected chi connectivity index (χ3v) is 3.82. The van der Waals surface area contributed by atoms with Gasteiger partial charge in [-0.2, -0.15) is 0 Å². The fourth-order valence-electron chi connectivity index (χ4n) is 1.92. The van der Waals surface area contributed by atoms with E-state index in [9.17, 15) is 19.2 Å². The molecule has 0 saturated carbocycles. The molecule has 8 heteroatoms. The highest BCUT2D eigenvalue weighted by atomic mass is 32.1. The number of carbonyl (C=O) groups is 4. The van der Waals surface area contributed by atoms with Crippen LogP contribution in [0.2, 0.25) is 0 Å². The summed E-state index contributed by atoms with van der Waals surface area (Å²) in [5, 5.41) is 4.49. The van der Waals surface area contributed by atoms with Crippen molar-refractivity contribution in [3.8, 4) is 0 Å². The van der Waals surface area contributed by atoms with E-state index in [1.807, 2.05) is 17.5 Å². The van der Waals surface area contributed by atoms with Gasteiger partial charge in [-0.15, -0.1) is 11.3 Å². The third-order valence-electron chi connectivity index (χ3n) is 2.94. The van der Waals surface area contributed by atoms with Gasteiger partial charge in [0.05, 0.1) is 6.54 Å². The molecule has 1 fully saturated rings. The molecule has 112 valence electrons. The van der Waals surface area contributed by atoms with E-state index in [2.05, 4.69) is 5.32 Å². The number of hydrogen-bond acceptors (Lipinski definition) is 5. The molecular weight excluding hydrogens is 294 g/mol. The molecule has 0 unspecified atom stereocenters. The van der Waals surface area contributed by atoms with Crippen LogP contribution >= 0.6 is 11.3 Å². The van der Waals surface area contributed by atoms with E-state index >= 15 is 0 Å². The minimum Gasteiger partial charge on any atom is -0.350 e. The van der Waals surface area contributed by atoms with Gasteiger partial charge in [-0.25, -0.2) is 9.69 Å². The van der Waals surface area contributed by atoms with Gasteiger partial charge >= 0.3 is 17.8 Å². The smallest absolute Gasteiger partial charge is 0.334 e. The van der Waals surface area contributed by atoms with Crippen molar-refractivity contribution < 1.29 is 19.2 Å². The maximum atomic E-state index is 12.0. The second kappa shape index (κ2) is 6.04. The number of thiophene rings is 1. The van der Waals surface area contributed by atoms with Crippen LogP contribution in [0.15, 0.2) is 17.5 Å². The molecule has 5 amide bonds. The number of nitrogens with zero attached hydrogens (tertiary/aromatic N) is 2. The van der Waals surface area contributed by atoms with Crippen LogP contribution in [0, 0.1) is 0 Å². The Labute approximate surface area is 125 Å². The molecule has 1 aliphatic heterocycles. The normalized spacial score (nSPS) is 15.3. The summed E-state index contributed by atoms with van der Waals surface area (Å²) in [5.41, 5.74) is 0. The Hall–Kier alpha value is -2.22. The standard InChI is InChI=1S/C13H15N3O4S/c1-8(2)16-12(19)11(18)15(13(16)20)7-10(17)14-6-9-4-3-5-21-9/h3-5,8H,6-7H2,1-2H3,(H,14,17). The van der Waals surface area contributed by atoms with Crippen LogP contribution in [-0.4, -0.2) is 46.1 Å². The number of nitrogens with one attached hydrogen (secondary N) is 1. The lowest BCUT2D eigenvalue weighted by atomic mass is 10.3. The Balaban J connectivity index is 1.96. The van der Waals surface area contributed by atoms with Crippen LogP contribution in [0.1, 0.15) is 18.7 Å². The van der Waals surface area contributed by atoms with Crippen molar-refractivity contribution in [2.75, 3.05) is 6.54 Å². The van der Waals surface area contributed by atoms with Gasteiger partial charge in [0.25, 0.3) is 0 Å². The molecule has 0 spiro atoms. The van der Waals surface area contributed by atoms with Gasteiger partial charge in [0, 0.05) is 10.9 Å². The SMILES string of the molecule is CC(C)N1C(=O)C(=O)N(CC(=O)NCc2cccs2)C1=O. The summed E-state index contributed by atoms with van der Waals surface area (Å²) in [6.07, 6.45) is 0. The van der Waals surface area contributed by atoms with Crippen LogP contribution in [0.25, 0.3) is 0 Å². The van der Waals surface area contributed by atoms with Gasteiger partial charge in [0.1, 0.15) is 6.54 Å². The average Bonchev–Trinajstić information content (AvgIpc) is 3.00. The van der Waals surface area contributed by atoms with Crippen LogP contribution < -0.4 is 5.32 Å². The Morgan fingerprint density at radius 1 is 1.29 bits per heavy atom. The van der Waals surface area contributed by atoms with Crippen molar-refractivity contribution in [3.63, 3.8) is 0 Å². The van der Waals surface area contributed by atoms with Gasteiger partial charge in [-0.05, 0) is 25.3 Å². The summed E-state index contributed by atoms with van der Waals surface area (Å²) in [6.45, 7) is 3.14. The van der Waals surface area contributed by atoms with Gasteiger partial charge < -0.3 is 5.32 Å². The lowest BCUT2D eigenvalue weighted by molar-refractivity contribution is -0.144. The highest BCUT2D eigenvalue weighted by Crippen LogP contribution is 2.15. The maximum absolute atomic E-state index is 12.0. The minimum absolute atomic E-state index is 0.328. The van der Waals surface area contributed by atoms with Crippen molar-refractivity contribution >= 4 is 35.1 Å². The molecule has 1 N–H and O–H groups in total. The fraction of sp³-hybridized carbons (Fsp3) is 0.385. The Bertz CT molecular complexity index is 582. The molecule has 1 aliphatic rings. The fourth-order valence-corrected chi connectivity index (χ4v) is 2.56. The molecule has 2 heterocycles. The van der Waals surface area contributed by atoms with Crippen molar-refractivity contribution in [2.45, 2.75) is 26.4 Å². The average molecular weight is 309 g/mol. The first-order valence-corrected chi connectivity index (χ1v) is 7.28. The van der Waals surface area contributed by atoms with Gasteiger partial charge in [0.2, 0.25) is 5.91 Å². The second-order valence-electron chi connectivity index (χ2n) is 4.80. The predicted molar refractivity (Wildman–Crippen MR) is 75.3 cm³/mol. The Morgan fingerprint density at radius 3 is 2.52 bits per heavy atom. The molecule has 0 radical (unpaired) electrons. The molecule has 1 saturated heterocycles. The zero-order chi connectivity index (χ0) is 15.6. The summed E-state index contributed by atoms with van der Waals surface area (Å²) in [6, 6.07) is 2.55. The minimum atomic E-state index is -0.958. The van der Waals surface area contributed by atoms with Crippen molar-refractivity contribution in [2.24, 2.45) is 0 Å². The lowest BCUT2D eigenvalue weighted by Crippen LogP contribution is -2.42. The molecule has 2 rings (SSSR count). The summed E-state index contributed by atoms with van der Waals surface area (Å²) in [4.78, 5) is 49.7. The van der Waals surface area contributed by atoms with Gasteiger partial charge in [0.15, 0.2) is 0 Å². The van der Waals surface area contributed by atoms with Crippen LogP contribution in [0.4, 0.5) is 4.79 Å². The molecule has 1 aromatic heterocycles. The molecule has 1 aromatic rings. The van der Waals surface area contributed by atoms with Crippen molar-refractivity contribution in [1.29, 1.82) is 0 Å². The zero-order valence-corrected chi connectivity index (χ0v) is 12.5. The quantitative estimate of drug-likeness (QED) is 0.636. The highest BCUT2D eigenvalue weighted by Gasteiger charge is 2.46. The number of carbonyl (C=O) groups excluding carboxylic acids is 4. The van der Waals surface area contributed by atoms with Crippen LogP contribution in [0.5, 0.6) is 0 Å². The summed E-state index contributed by atoms with van der Waals surface area (Å²) in [5.74, 6) is -2.33. The predicted octanol–water partition coefficient (Wildman–Crippen LogP) is 0.564. The first kappa shape index (κ1) is 15.2. The number of rotatable bonds is 5. The van der Waals surface area contributed by atoms with E-state index < -0.39 is 36.3 Å².